The summed E-state index contributed by atoms with van der Waals surface area (Å²) in [6.07, 6.45) is 0. The van der Waals surface area contributed by atoms with Gasteiger partial charge in [0.15, 0.2) is 11.6 Å². The second-order valence-electron chi connectivity index (χ2n) is 6.13. The molecule has 0 fully saturated rings. The van der Waals surface area contributed by atoms with Crippen LogP contribution in [0.3, 0.4) is 0 Å². The lowest BCUT2D eigenvalue weighted by Crippen LogP contribution is -2.12. The van der Waals surface area contributed by atoms with E-state index in [1.54, 1.807) is 19.2 Å². The Balaban J connectivity index is 1.58. The highest BCUT2D eigenvalue weighted by Gasteiger charge is 2.18. The van der Waals surface area contributed by atoms with E-state index < -0.39 is 5.82 Å². The molecule has 29 heavy (non-hydrogen) atoms. The number of aryl methyl sites for hydroxylation is 1. The Morgan fingerprint density at radius 1 is 1.14 bits per heavy atom. The molecule has 0 unspecified atom stereocenters. The quantitative estimate of drug-likeness (QED) is 0.380. The van der Waals surface area contributed by atoms with Gasteiger partial charge in [0.1, 0.15) is 17.3 Å². The average Bonchev–Trinajstić information content (AvgIpc) is 3.34. The molecule has 0 bridgehead atoms. The highest BCUT2D eigenvalue weighted by atomic mass is 32.2. The summed E-state index contributed by atoms with van der Waals surface area (Å²) in [6.45, 7) is 1.87. The van der Waals surface area contributed by atoms with Crippen molar-refractivity contribution < 1.29 is 9.13 Å². The van der Waals surface area contributed by atoms with Gasteiger partial charge in [-0.25, -0.2) is 9.07 Å². The van der Waals surface area contributed by atoms with Gasteiger partial charge < -0.3 is 10.6 Å². The van der Waals surface area contributed by atoms with Gasteiger partial charge in [0.05, 0.1) is 18.4 Å². The zero-order valence-electron chi connectivity index (χ0n) is 15.7. The van der Waals surface area contributed by atoms with E-state index in [-0.39, 0.29) is 5.69 Å². The van der Waals surface area contributed by atoms with Crippen molar-refractivity contribution in [1.82, 2.24) is 35.1 Å². The van der Waals surface area contributed by atoms with Crippen LogP contribution in [0, 0.1) is 12.7 Å². The molecule has 2 N–H and O–H groups in total. The number of thioether (sulfide) groups is 1. The molecule has 0 aliphatic rings. The van der Waals surface area contributed by atoms with Gasteiger partial charge in [0, 0.05) is 0 Å². The van der Waals surface area contributed by atoms with Crippen LogP contribution in [0.1, 0.15) is 11.4 Å². The van der Waals surface area contributed by atoms with E-state index in [1.165, 1.54) is 27.2 Å². The first-order valence-corrected chi connectivity index (χ1v) is 9.57. The van der Waals surface area contributed by atoms with Crippen LogP contribution in [-0.2, 0) is 5.75 Å². The summed E-state index contributed by atoms with van der Waals surface area (Å²) in [6, 6.07) is 12.2. The summed E-state index contributed by atoms with van der Waals surface area (Å²) in [5.41, 5.74) is 1.91. The van der Waals surface area contributed by atoms with Crippen LogP contribution in [-0.4, -0.2) is 42.2 Å². The molecule has 0 saturated carbocycles. The number of aromatic nitrogens is 7. The zero-order valence-corrected chi connectivity index (χ0v) is 16.5. The maximum Gasteiger partial charge on any atom is 0.210 e. The van der Waals surface area contributed by atoms with Gasteiger partial charge in [0.2, 0.25) is 5.16 Å². The summed E-state index contributed by atoms with van der Waals surface area (Å²) in [7, 11) is 1.58. The molecule has 0 spiro atoms. The Morgan fingerprint density at radius 2 is 1.97 bits per heavy atom. The Hall–Kier alpha value is -3.47. The predicted octanol–water partition coefficient (Wildman–Crippen LogP) is 2.38. The monoisotopic (exact) mass is 412 g/mol. The van der Waals surface area contributed by atoms with Crippen LogP contribution < -0.4 is 10.6 Å². The molecule has 4 rings (SSSR count). The van der Waals surface area contributed by atoms with Crippen molar-refractivity contribution in [3.63, 3.8) is 0 Å². The lowest BCUT2D eigenvalue weighted by atomic mass is 10.2. The van der Waals surface area contributed by atoms with Crippen LogP contribution in [0.2, 0.25) is 0 Å². The number of methoxy groups -OCH3 is 1. The van der Waals surface area contributed by atoms with Gasteiger partial charge in [-0.3, -0.25) is 0 Å². The normalized spacial score (nSPS) is 11.0. The van der Waals surface area contributed by atoms with Crippen LogP contribution in [0.4, 0.5) is 4.39 Å². The molecule has 0 amide bonds. The molecule has 9 nitrogen and oxygen atoms in total. The van der Waals surface area contributed by atoms with E-state index in [0.717, 1.165) is 11.1 Å². The average molecular weight is 412 g/mol. The molecule has 2 heterocycles. The topological polar surface area (TPSA) is 110 Å². The van der Waals surface area contributed by atoms with Crippen LogP contribution in [0.15, 0.2) is 47.6 Å². The van der Waals surface area contributed by atoms with Gasteiger partial charge in [0.25, 0.3) is 0 Å². The summed E-state index contributed by atoms with van der Waals surface area (Å²) in [5, 5.41) is 20.4. The third kappa shape index (κ3) is 3.63. The lowest BCUT2D eigenvalue weighted by Gasteiger charge is -2.08. The molecule has 0 aliphatic carbocycles. The van der Waals surface area contributed by atoms with Crippen LogP contribution in [0.25, 0.3) is 17.1 Å². The predicted molar refractivity (Wildman–Crippen MR) is 106 cm³/mol. The van der Waals surface area contributed by atoms with Gasteiger partial charge >= 0.3 is 0 Å². The van der Waals surface area contributed by atoms with Crippen molar-refractivity contribution >= 4 is 11.8 Å². The summed E-state index contributed by atoms with van der Waals surface area (Å²) in [5.74, 6) is 7.67. The number of ether oxygens (including phenoxy) is 1. The number of nitrogens with two attached hydrogens (primary N) is 1. The largest absolute Gasteiger partial charge is 0.496 e. The number of benzene rings is 2. The number of hydrogen-bond acceptors (Lipinski definition) is 8. The van der Waals surface area contributed by atoms with E-state index in [9.17, 15) is 4.39 Å². The van der Waals surface area contributed by atoms with Crippen molar-refractivity contribution in [3.8, 4) is 22.8 Å². The van der Waals surface area contributed by atoms with Gasteiger partial charge in [-0.1, -0.05) is 30.0 Å². The summed E-state index contributed by atoms with van der Waals surface area (Å²) in [4.78, 5) is 0. The number of hydrogen-bond donors (Lipinski definition) is 1. The molecule has 2 aromatic heterocycles. The second-order valence-corrected chi connectivity index (χ2v) is 7.07. The van der Waals surface area contributed by atoms with Crippen LogP contribution >= 0.6 is 11.8 Å². The first-order valence-electron chi connectivity index (χ1n) is 8.59. The fourth-order valence-electron chi connectivity index (χ4n) is 2.79. The number of nitrogen functional groups attached to an aromatic ring is 1. The minimum atomic E-state index is -0.408. The third-order valence-corrected chi connectivity index (χ3v) is 5.15. The first kappa shape index (κ1) is 18.9. The molecular formula is C18H17FN8OS. The minimum Gasteiger partial charge on any atom is -0.496 e. The standard InChI is InChI=1S/C18H17FN8OS/c1-11-7-8-13(19)14(9-11)27-16(21-24-25-27)10-29-18-23-22-17(26(18)20)12-5-3-4-6-15(12)28-2/h3-9H,10,20H2,1-2H3. The Bertz CT molecular complexity index is 1160. The lowest BCUT2D eigenvalue weighted by molar-refractivity contribution is 0.416. The van der Waals surface area contributed by atoms with E-state index >= 15 is 0 Å². The molecule has 148 valence electrons. The van der Waals surface area contributed by atoms with Crippen molar-refractivity contribution in [3.05, 3.63) is 59.7 Å². The molecule has 0 radical (unpaired) electrons. The van der Waals surface area contributed by atoms with Crippen molar-refractivity contribution in [1.29, 1.82) is 0 Å². The summed E-state index contributed by atoms with van der Waals surface area (Å²) >= 11 is 1.29. The van der Waals surface area contributed by atoms with E-state index in [4.69, 9.17) is 10.6 Å². The van der Waals surface area contributed by atoms with Gasteiger partial charge in [-0.15, -0.1) is 15.3 Å². The van der Waals surface area contributed by atoms with E-state index in [1.807, 2.05) is 31.2 Å². The molecule has 0 aliphatic heterocycles. The Kier molecular flexibility index (Phi) is 5.12. The first-order chi connectivity index (χ1) is 14.1. The smallest absolute Gasteiger partial charge is 0.210 e. The van der Waals surface area contributed by atoms with Crippen molar-refractivity contribution in [2.75, 3.05) is 13.0 Å². The number of para-hydroxylation sites is 1. The Morgan fingerprint density at radius 3 is 2.79 bits per heavy atom. The maximum atomic E-state index is 14.2. The fraction of sp³-hybridized carbons (Fsp3) is 0.167. The highest BCUT2D eigenvalue weighted by molar-refractivity contribution is 7.98. The fourth-order valence-corrected chi connectivity index (χ4v) is 3.55. The van der Waals surface area contributed by atoms with Crippen molar-refractivity contribution in [2.24, 2.45) is 0 Å². The zero-order chi connectivity index (χ0) is 20.4. The van der Waals surface area contributed by atoms with Gasteiger partial charge in [-0.05, 0) is 47.2 Å². The van der Waals surface area contributed by atoms with Crippen molar-refractivity contribution in [2.45, 2.75) is 17.8 Å². The number of tetrazole rings is 1. The van der Waals surface area contributed by atoms with E-state index in [2.05, 4.69) is 25.7 Å². The Labute approximate surface area is 169 Å². The minimum absolute atomic E-state index is 0.287. The van der Waals surface area contributed by atoms with E-state index in [0.29, 0.717) is 28.3 Å². The highest BCUT2D eigenvalue weighted by Crippen LogP contribution is 2.30. The van der Waals surface area contributed by atoms with Gasteiger partial charge in [-0.2, -0.15) is 4.68 Å². The number of halogens is 1. The molecule has 0 saturated heterocycles. The molecule has 0 atom stereocenters. The molecule has 4 aromatic rings. The third-order valence-electron chi connectivity index (χ3n) is 4.21. The number of nitrogens with zero attached hydrogens (tertiary/aromatic N) is 7. The molecule has 2 aromatic carbocycles. The molecule has 11 heteroatoms. The van der Waals surface area contributed by atoms with Crippen LogP contribution in [0.5, 0.6) is 5.75 Å². The SMILES string of the molecule is COc1ccccc1-c1nnc(SCc2nnnn2-c2cc(C)ccc2F)n1N. The maximum absolute atomic E-state index is 14.2. The summed E-state index contributed by atoms with van der Waals surface area (Å²) < 4.78 is 22.3. The second kappa shape index (κ2) is 7.87. The molecular weight excluding hydrogens is 395 g/mol. The number of rotatable bonds is 6.